The van der Waals surface area contributed by atoms with Crippen molar-refractivity contribution in [3.8, 4) is 0 Å². The van der Waals surface area contributed by atoms with Crippen LogP contribution >= 0.6 is 15.9 Å². The second-order valence-corrected chi connectivity index (χ2v) is 6.27. The third-order valence-corrected chi connectivity index (χ3v) is 4.68. The summed E-state index contributed by atoms with van der Waals surface area (Å²) in [4.78, 5) is 0.524. The lowest BCUT2D eigenvalue weighted by Crippen LogP contribution is -2.17. The van der Waals surface area contributed by atoms with Crippen molar-refractivity contribution in [2.24, 2.45) is 5.92 Å². The molecule has 0 aromatic heterocycles. The van der Waals surface area contributed by atoms with Crippen LogP contribution in [-0.2, 0) is 12.8 Å². The molecule has 0 heterocycles. The molecule has 1 aliphatic carbocycles. The van der Waals surface area contributed by atoms with Gasteiger partial charge in [-0.2, -0.15) is 0 Å². The third kappa shape index (κ3) is 2.51. The van der Waals surface area contributed by atoms with Crippen LogP contribution in [0.15, 0.2) is 54.6 Å². The van der Waals surface area contributed by atoms with Crippen LogP contribution in [0.3, 0.4) is 0 Å². The fourth-order valence-corrected chi connectivity index (χ4v) is 3.92. The lowest BCUT2D eigenvalue weighted by atomic mass is 9.81. The predicted molar refractivity (Wildman–Crippen MR) is 80.1 cm³/mol. The number of alkyl halides is 1. The monoisotopic (exact) mass is 300 g/mol. The van der Waals surface area contributed by atoms with Gasteiger partial charge in [-0.3, -0.25) is 0 Å². The third-order valence-electron chi connectivity index (χ3n) is 3.81. The normalized spacial score (nSPS) is 22.5. The average molecular weight is 301 g/mol. The molecular weight excluding hydrogens is 284 g/mol. The van der Waals surface area contributed by atoms with Crippen molar-refractivity contribution in [2.75, 3.05) is 0 Å². The molecule has 2 atom stereocenters. The molecule has 2 unspecified atom stereocenters. The minimum Gasteiger partial charge on any atom is -0.0839 e. The molecule has 0 fully saturated rings. The smallest absolute Gasteiger partial charge is 0.0400 e. The number of fused-ring (bicyclic) bond motifs is 1. The largest absolute Gasteiger partial charge is 0.0839 e. The SMILES string of the molecule is BrC1CC(Cc2ccccc2)Cc2ccccc21. The predicted octanol–water partition coefficient (Wildman–Crippen LogP) is 4.93. The van der Waals surface area contributed by atoms with Crippen LogP contribution in [-0.4, -0.2) is 0 Å². The Morgan fingerprint density at radius 3 is 2.50 bits per heavy atom. The van der Waals surface area contributed by atoms with Crippen LogP contribution in [0.4, 0.5) is 0 Å². The van der Waals surface area contributed by atoms with Crippen molar-refractivity contribution in [1.82, 2.24) is 0 Å². The van der Waals surface area contributed by atoms with Gasteiger partial charge in [0.15, 0.2) is 0 Å². The summed E-state index contributed by atoms with van der Waals surface area (Å²) in [6.45, 7) is 0. The fraction of sp³-hybridized carbons (Fsp3) is 0.294. The van der Waals surface area contributed by atoms with E-state index in [-0.39, 0.29) is 0 Å². The van der Waals surface area contributed by atoms with Crippen molar-refractivity contribution in [3.05, 3.63) is 71.3 Å². The lowest BCUT2D eigenvalue weighted by molar-refractivity contribution is 0.454. The second kappa shape index (κ2) is 5.27. The van der Waals surface area contributed by atoms with Gasteiger partial charge in [-0.05, 0) is 41.9 Å². The molecule has 0 saturated heterocycles. The molecule has 1 heteroatoms. The summed E-state index contributed by atoms with van der Waals surface area (Å²) in [5.74, 6) is 0.756. The van der Waals surface area contributed by atoms with E-state index in [1.165, 1.54) is 36.0 Å². The van der Waals surface area contributed by atoms with Gasteiger partial charge < -0.3 is 0 Å². The van der Waals surface area contributed by atoms with E-state index in [4.69, 9.17) is 0 Å². The zero-order valence-electron chi connectivity index (χ0n) is 10.4. The first-order valence-electron chi connectivity index (χ1n) is 6.59. The fourth-order valence-electron chi connectivity index (χ4n) is 2.94. The topological polar surface area (TPSA) is 0 Å². The Morgan fingerprint density at radius 1 is 0.944 bits per heavy atom. The van der Waals surface area contributed by atoms with E-state index in [0.29, 0.717) is 4.83 Å². The van der Waals surface area contributed by atoms with E-state index in [9.17, 15) is 0 Å². The molecule has 0 N–H and O–H groups in total. The highest BCUT2D eigenvalue weighted by Crippen LogP contribution is 2.39. The number of rotatable bonds is 2. The van der Waals surface area contributed by atoms with Crippen molar-refractivity contribution in [3.63, 3.8) is 0 Å². The summed E-state index contributed by atoms with van der Waals surface area (Å²) >= 11 is 3.84. The maximum Gasteiger partial charge on any atom is 0.0400 e. The Hall–Kier alpha value is -1.08. The Balaban J connectivity index is 1.78. The number of hydrogen-bond acceptors (Lipinski definition) is 0. The van der Waals surface area contributed by atoms with Crippen LogP contribution in [0.5, 0.6) is 0 Å². The molecule has 0 aliphatic heterocycles. The molecule has 1 aliphatic rings. The van der Waals surface area contributed by atoms with E-state index in [0.717, 1.165) is 5.92 Å². The van der Waals surface area contributed by atoms with Gasteiger partial charge >= 0.3 is 0 Å². The highest BCUT2D eigenvalue weighted by molar-refractivity contribution is 9.09. The first-order chi connectivity index (χ1) is 8.83. The molecule has 2 aromatic rings. The van der Waals surface area contributed by atoms with E-state index < -0.39 is 0 Å². The van der Waals surface area contributed by atoms with E-state index in [1.807, 2.05) is 0 Å². The molecule has 0 amide bonds. The minimum atomic E-state index is 0.524. The molecule has 0 bridgehead atoms. The zero-order chi connectivity index (χ0) is 12.4. The molecule has 0 spiro atoms. The van der Waals surface area contributed by atoms with Gasteiger partial charge in [0.1, 0.15) is 0 Å². The average Bonchev–Trinajstić information content (AvgIpc) is 2.40. The Kier molecular flexibility index (Phi) is 3.51. The van der Waals surface area contributed by atoms with Crippen LogP contribution in [0.1, 0.15) is 27.9 Å². The molecule has 92 valence electrons. The molecule has 18 heavy (non-hydrogen) atoms. The molecule has 0 nitrogen and oxygen atoms in total. The Labute approximate surface area is 117 Å². The quantitative estimate of drug-likeness (QED) is 0.690. The minimum absolute atomic E-state index is 0.524. The summed E-state index contributed by atoms with van der Waals surface area (Å²) in [6, 6.07) is 19.7. The number of benzene rings is 2. The molecule has 2 aromatic carbocycles. The second-order valence-electron chi connectivity index (χ2n) is 5.16. The van der Waals surface area contributed by atoms with Crippen LogP contribution in [0.2, 0.25) is 0 Å². The van der Waals surface area contributed by atoms with E-state index in [1.54, 1.807) is 0 Å². The molecular formula is C17H17Br. The molecule has 3 rings (SSSR count). The first kappa shape index (κ1) is 12.0. The van der Waals surface area contributed by atoms with Gasteiger partial charge in [-0.15, -0.1) is 0 Å². The maximum absolute atomic E-state index is 3.84. The van der Waals surface area contributed by atoms with E-state index >= 15 is 0 Å². The van der Waals surface area contributed by atoms with Crippen LogP contribution in [0, 0.1) is 5.92 Å². The highest BCUT2D eigenvalue weighted by atomic mass is 79.9. The molecule has 0 radical (unpaired) electrons. The highest BCUT2D eigenvalue weighted by Gasteiger charge is 2.24. The molecule has 0 saturated carbocycles. The number of halogens is 1. The van der Waals surface area contributed by atoms with Crippen LogP contribution in [0.25, 0.3) is 0 Å². The summed E-state index contributed by atoms with van der Waals surface area (Å²) in [6.07, 6.45) is 3.65. The van der Waals surface area contributed by atoms with Gasteiger partial charge in [0.05, 0.1) is 0 Å². The van der Waals surface area contributed by atoms with Gasteiger partial charge in [0.2, 0.25) is 0 Å². The van der Waals surface area contributed by atoms with Gasteiger partial charge in [-0.25, -0.2) is 0 Å². The van der Waals surface area contributed by atoms with Gasteiger partial charge in [0.25, 0.3) is 0 Å². The van der Waals surface area contributed by atoms with Crippen molar-refractivity contribution in [2.45, 2.75) is 24.1 Å². The summed E-state index contributed by atoms with van der Waals surface area (Å²) < 4.78 is 0. The summed E-state index contributed by atoms with van der Waals surface area (Å²) in [5, 5.41) is 0. The van der Waals surface area contributed by atoms with E-state index in [2.05, 4.69) is 70.5 Å². The zero-order valence-corrected chi connectivity index (χ0v) is 11.9. The lowest BCUT2D eigenvalue weighted by Gasteiger charge is -2.28. The van der Waals surface area contributed by atoms with Gasteiger partial charge in [0, 0.05) is 4.83 Å². The summed E-state index contributed by atoms with van der Waals surface area (Å²) in [5.41, 5.74) is 4.47. The maximum atomic E-state index is 3.84. The Morgan fingerprint density at radius 2 is 1.67 bits per heavy atom. The van der Waals surface area contributed by atoms with Gasteiger partial charge in [-0.1, -0.05) is 70.5 Å². The van der Waals surface area contributed by atoms with Crippen LogP contribution < -0.4 is 0 Å². The standard InChI is InChI=1S/C17H17Br/c18-17-12-14(10-13-6-2-1-3-7-13)11-15-8-4-5-9-16(15)17/h1-9,14,17H,10-12H2. The summed E-state index contributed by atoms with van der Waals surface area (Å²) in [7, 11) is 0. The van der Waals surface area contributed by atoms with Crippen molar-refractivity contribution >= 4 is 15.9 Å². The first-order valence-corrected chi connectivity index (χ1v) is 7.50. The van der Waals surface area contributed by atoms with Crippen molar-refractivity contribution < 1.29 is 0 Å². The number of hydrogen-bond donors (Lipinski definition) is 0. The Bertz CT molecular complexity index is 518. The van der Waals surface area contributed by atoms with Crippen molar-refractivity contribution in [1.29, 1.82) is 0 Å².